The van der Waals surface area contributed by atoms with E-state index in [0.29, 0.717) is 12.5 Å². The molecule has 2 N–H and O–H groups in total. The van der Waals surface area contributed by atoms with Crippen LogP contribution in [0.25, 0.3) is 0 Å². The number of carbonyl (C=O) groups is 1. The Labute approximate surface area is 122 Å². The van der Waals surface area contributed by atoms with E-state index in [1.807, 2.05) is 20.8 Å². The van der Waals surface area contributed by atoms with Crippen LogP contribution >= 0.6 is 0 Å². The van der Waals surface area contributed by atoms with Gasteiger partial charge < -0.3 is 15.4 Å². The van der Waals surface area contributed by atoms with Gasteiger partial charge in [-0.1, -0.05) is 13.8 Å². The monoisotopic (exact) mass is 281 g/mol. The molecule has 1 aliphatic carbocycles. The molecule has 1 amide bonds. The zero-order valence-corrected chi connectivity index (χ0v) is 13.2. The molecule has 1 rings (SSSR count). The minimum atomic E-state index is -0.457. The largest absolute Gasteiger partial charge is 0.444 e. The van der Waals surface area contributed by atoms with E-state index in [0.717, 1.165) is 19.4 Å². The van der Waals surface area contributed by atoms with E-state index < -0.39 is 5.60 Å². The molecule has 0 aliphatic heterocycles. The summed E-state index contributed by atoms with van der Waals surface area (Å²) in [5.41, 5.74) is -0.351. The third-order valence-electron chi connectivity index (χ3n) is 3.25. The normalized spacial score (nSPS) is 22.0. The van der Waals surface area contributed by atoms with E-state index in [9.17, 15) is 4.79 Å². The first-order valence-electron chi connectivity index (χ1n) is 7.23. The minimum absolute atomic E-state index is 0.106. The van der Waals surface area contributed by atoms with Crippen molar-refractivity contribution in [3.63, 3.8) is 0 Å². The Kier molecular flexibility index (Phi) is 5.41. The van der Waals surface area contributed by atoms with Crippen LogP contribution in [0.5, 0.6) is 0 Å². The zero-order valence-electron chi connectivity index (χ0n) is 13.2. The molecule has 1 aliphatic rings. The number of rotatable bonds is 6. The average Bonchev–Trinajstić information content (AvgIpc) is 3.00. The molecule has 1 fully saturated rings. The molecule has 2 unspecified atom stereocenters. The molecule has 0 aromatic rings. The van der Waals surface area contributed by atoms with Crippen molar-refractivity contribution in [3.8, 4) is 6.07 Å². The topological polar surface area (TPSA) is 74.2 Å². The standard InChI is InChI=1S/C15H27N3O2/c1-14(2,3)20-13(19)18-12-9-11(12)17-10-15(4,5)7-6-8-16/h11-12,17H,6-7,9-10H2,1-5H3,(H,18,19). The maximum Gasteiger partial charge on any atom is 0.407 e. The number of hydrogen-bond donors (Lipinski definition) is 2. The van der Waals surface area contributed by atoms with Crippen LogP contribution in [0.1, 0.15) is 53.9 Å². The van der Waals surface area contributed by atoms with Crippen molar-refractivity contribution in [1.82, 2.24) is 10.6 Å². The number of alkyl carbamates (subject to hydrolysis) is 1. The first kappa shape index (κ1) is 16.8. The minimum Gasteiger partial charge on any atom is -0.444 e. The van der Waals surface area contributed by atoms with Crippen LogP contribution in [0.4, 0.5) is 4.79 Å². The maximum atomic E-state index is 11.6. The first-order chi connectivity index (χ1) is 9.13. The third-order valence-corrected chi connectivity index (χ3v) is 3.25. The number of nitriles is 1. The number of nitrogens with one attached hydrogen (secondary N) is 2. The van der Waals surface area contributed by atoms with Gasteiger partial charge in [0.1, 0.15) is 5.60 Å². The van der Waals surface area contributed by atoms with Gasteiger partial charge in [0.05, 0.1) is 6.07 Å². The smallest absolute Gasteiger partial charge is 0.407 e. The van der Waals surface area contributed by atoms with Gasteiger partial charge in [-0.25, -0.2) is 4.79 Å². The van der Waals surface area contributed by atoms with Gasteiger partial charge in [0.2, 0.25) is 0 Å². The fourth-order valence-electron chi connectivity index (χ4n) is 1.93. The second-order valence-electron chi connectivity index (χ2n) is 7.30. The number of hydrogen-bond acceptors (Lipinski definition) is 4. The van der Waals surface area contributed by atoms with Gasteiger partial charge in [-0.05, 0) is 39.0 Å². The number of amides is 1. The van der Waals surface area contributed by atoms with Gasteiger partial charge in [0.15, 0.2) is 0 Å². The molecular weight excluding hydrogens is 254 g/mol. The molecule has 5 nitrogen and oxygen atoms in total. The number of nitrogens with zero attached hydrogens (tertiary/aromatic N) is 1. The molecular formula is C15H27N3O2. The van der Waals surface area contributed by atoms with Crippen molar-refractivity contribution in [2.24, 2.45) is 5.41 Å². The van der Waals surface area contributed by atoms with Gasteiger partial charge in [-0.3, -0.25) is 0 Å². The second kappa shape index (κ2) is 6.45. The van der Waals surface area contributed by atoms with Crippen LogP contribution in [-0.2, 0) is 4.74 Å². The van der Waals surface area contributed by atoms with Crippen molar-refractivity contribution in [2.45, 2.75) is 71.6 Å². The molecule has 20 heavy (non-hydrogen) atoms. The van der Waals surface area contributed by atoms with Crippen molar-refractivity contribution >= 4 is 6.09 Å². The van der Waals surface area contributed by atoms with Crippen molar-refractivity contribution in [2.75, 3.05) is 6.54 Å². The van der Waals surface area contributed by atoms with E-state index >= 15 is 0 Å². The van der Waals surface area contributed by atoms with Crippen molar-refractivity contribution in [3.05, 3.63) is 0 Å². The zero-order chi connectivity index (χ0) is 15.4. The van der Waals surface area contributed by atoms with Gasteiger partial charge >= 0.3 is 6.09 Å². The van der Waals surface area contributed by atoms with Crippen LogP contribution in [0.2, 0.25) is 0 Å². The Morgan fingerprint density at radius 2 is 1.95 bits per heavy atom. The van der Waals surface area contributed by atoms with Crippen LogP contribution in [0.3, 0.4) is 0 Å². The Bertz CT molecular complexity index is 380. The van der Waals surface area contributed by atoms with Crippen molar-refractivity contribution < 1.29 is 9.53 Å². The molecule has 0 aromatic heterocycles. The van der Waals surface area contributed by atoms with E-state index in [-0.39, 0.29) is 17.6 Å². The molecule has 114 valence electrons. The van der Waals surface area contributed by atoms with Crippen LogP contribution in [0.15, 0.2) is 0 Å². The fraction of sp³-hybridized carbons (Fsp3) is 0.867. The highest BCUT2D eigenvalue weighted by Gasteiger charge is 2.39. The van der Waals surface area contributed by atoms with Gasteiger partial charge in [0, 0.05) is 25.0 Å². The summed E-state index contributed by atoms with van der Waals surface area (Å²) in [5, 5.41) is 14.9. The number of carbonyl (C=O) groups excluding carboxylic acids is 1. The predicted octanol–water partition coefficient (Wildman–Crippen LogP) is 2.57. The third kappa shape index (κ3) is 6.76. The fourth-order valence-corrected chi connectivity index (χ4v) is 1.93. The van der Waals surface area contributed by atoms with Crippen molar-refractivity contribution in [1.29, 1.82) is 5.26 Å². The molecule has 0 bridgehead atoms. The predicted molar refractivity (Wildman–Crippen MR) is 78.2 cm³/mol. The molecule has 1 saturated carbocycles. The molecule has 5 heteroatoms. The van der Waals surface area contributed by atoms with Gasteiger partial charge in [-0.2, -0.15) is 5.26 Å². The van der Waals surface area contributed by atoms with Crippen LogP contribution < -0.4 is 10.6 Å². The highest BCUT2D eigenvalue weighted by Crippen LogP contribution is 2.26. The van der Waals surface area contributed by atoms with E-state index in [4.69, 9.17) is 10.00 Å². The summed E-state index contributed by atoms with van der Waals surface area (Å²) in [6, 6.07) is 2.67. The summed E-state index contributed by atoms with van der Waals surface area (Å²) in [6.07, 6.45) is 2.05. The summed E-state index contributed by atoms with van der Waals surface area (Å²) in [7, 11) is 0. The Balaban J connectivity index is 2.21. The van der Waals surface area contributed by atoms with E-state index in [1.165, 1.54) is 0 Å². The lowest BCUT2D eigenvalue weighted by Crippen LogP contribution is -2.38. The lowest BCUT2D eigenvalue weighted by molar-refractivity contribution is 0.0522. The lowest BCUT2D eigenvalue weighted by atomic mass is 9.88. The SMILES string of the molecule is CC(C)(CCC#N)CNC1CC1NC(=O)OC(C)(C)C. The van der Waals surface area contributed by atoms with Crippen LogP contribution in [-0.4, -0.2) is 30.3 Å². The maximum absolute atomic E-state index is 11.6. The van der Waals surface area contributed by atoms with E-state index in [1.54, 1.807) is 0 Å². The highest BCUT2D eigenvalue weighted by atomic mass is 16.6. The molecule has 0 saturated heterocycles. The summed E-state index contributed by atoms with van der Waals surface area (Å²) in [6.45, 7) is 10.7. The van der Waals surface area contributed by atoms with Gasteiger partial charge in [0.25, 0.3) is 0 Å². The summed E-state index contributed by atoms with van der Waals surface area (Å²) in [4.78, 5) is 11.6. The van der Waals surface area contributed by atoms with Gasteiger partial charge in [-0.15, -0.1) is 0 Å². The Morgan fingerprint density at radius 1 is 1.30 bits per heavy atom. The van der Waals surface area contributed by atoms with E-state index in [2.05, 4.69) is 30.6 Å². The first-order valence-corrected chi connectivity index (χ1v) is 7.23. The molecule has 0 heterocycles. The molecule has 0 radical (unpaired) electrons. The highest BCUT2D eigenvalue weighted by molar-refractivity contribution is 5.68. The van der Waals surface area contributed by atoms with Crippen LogP contribution in [0, 0.1) is 16.7 Å². The Hall–Kier alpha value is -1.28. The number of ether oxygens (including phenoxy) is 1. The Morgan fingerprint density at radius 3 is 2.50 bits per heavy atom. The molecule has 2 atom stereocenters. The molecule has 0 spiro atoms. The second-order valence-corrected chi connectivity index (χ2v) is 7.30. The molecule has 0 aromatic carbocycles. The summed E-state index contributed by atoms with van der Waals surface area (Å²) < 4.78 is 5.22. The summed E-state index contributed by atoms with van der Waals surface area (Å²) in [5.74, 6) is 0. The summed E-state index contributed by atoms with van der Waals surface area (Å²) >= 11 is 0. The lowest BCUT2D eigenvalue weighted by Gasteiger charge is -2.24. The quantitative estimate of drug-likeness (QED) is 0.784. The average molecular weight is 281 g/mol.